The van der Waals surface area contributed by atoms with Crippen LogP contribution < -0.4 is 4.74 Å². The Labute approximate surface area is 122 Å². The van der Waals surface area contributed by atoms with E-state index in [1.807, 2.05) is 6.07 Å². The lowest BCUT2D eigenvalue weighted by Crippen LogP contribution is -2.01. The fourth-order valence-electron chi connectivity index (χ4n) is 1.72. The molecule has 0 saturated carbocycles. The number of carbonyl (C=O) groups is 1. The first kappa shape index (κ1) is 14.6. The van der Waals surface area contributed by atoms with Gasteiger partial charge in [0.25, 0.3) is 0 Å². The number of methoxy groups -OCH3 is 1. The van der Waals surface area contributed by atoms with E-state index in [2.05, 4.69) is 11.6 Å². The van der Waals surface area contributed by atoms with Gasteiger partial charge >= 0.3 is 0 Å². The number of rotatable bonds is 6. The average Bonchev–Trinajstić information content (AvgIpc) is 2.52. The molecule has 0 bridgehead atoms. The van der Waals surface area contributed by atoms with Crippen molar-refractivity contribution in [2.75, 3.05) is 7.11 Å². The van der Waals surface area contributed by atoms with Gasteiger partial charge in [0.2, 0.25) is 0 Å². The topological polar surface area (TPSA) is 68.7 Å². The molecule has 5 nitrogen and oxygen atoms in total. The SMILES string of the molecule is C=C(OC)c1ccc(COc2cccc(O)c2C=O)nc1. The summed E-state index contributed by atoms with van der Waals surface area (Å²) in [4.78, 5) is 15.2. The molecule has 0 radical (unpaired) electrons. The molecule has 0 saturated heterocycles. The zero-order valence-corrected chi connectivity index (χ0v) is 11.6. The molecule has 0 aliphatic carbocycles. The van der Waals surface area contributed by atoms with Gasteiger partial charge in [0, 0.05) is 11.8 Å². The van der Waals surface area contributed by atoms with Crippen LogP contribution >= 0.6 is 0 Å². The number of carbonyl (C=O) groups excluding carboxylic acids is 1. The highest BCUT2D eigenvalue weighted by molar-refractivity contribution is 5.83. The van der Waals surface area contributed by atoms with Crippen molar-refractivity contribution in [2.45, 2.75) is 6.61 Å². The Kier molecular flexibility index (Phi) is 4.56. The van der Waals surface area contributed by atoms with Crippen molar-refractivity contribution in [1.29, 1.82) is 0 Å². The van der Waals surface area contributed by atoms with Crippen LogP contribution in [0.15, 0.2) is 43.1 Å². The highest BCUT2D eigenvalue weighted by Crippen LogP contribution is 2.26. The Morgan fingerprint density at radius 1 is 1.38 bits per heavy atom. The molecular weight excluding hydrogens is 270 g/mol. The number of hydrogen-bond acceptors (Lipinski definition) is 5. The van der Waals surface area contributed by atoms with Gasteiger partial charge in [-0.2, -0.15) is 0 Å². The Morgan fingerprint density at radius 3 is 2.81 bits per heavy atom. The third kappa shape index (κ3) is 3.39. The molecule has 0 spiro atoms. The second-order valence-corrected chi connectivity index (χ2v) is 4.26. The van der Waals surface area contributed by atoms with E-state index in [0.717, 1.165) is 5.56 Å². The molecule has 2 aromatic rings. The molecule has 5 heteroatoms. The normalized spacial score (nSPS) is 9.95. The van der Waals surface area contributed by atoms with Crippen LogP contribution in [-0.4, -0.2) is 23.5 Å². The van der Waals surface area contributed by atoms with Crippen LogP contribution in [-0.2, 0) is 11.3 Å². The van der Waals surface area contributed by atoms with E-state index >= 15 is 0 Å². The Hall–Kier alpha value is -2.82. The zero-order valence-electron chi connectivity index (χ0n) is 11.6. The summed E-state index contributed by atoms with van der Waals surface area (Å²) >= 11 is 0. The number of hydrogen-bond donors (Lipinski definition) is 1. The lowest BCUT2D eigenvalue weighted by atomic mass is 10.2. The van der Waals surface area contributed by atoms with Crippen LogP contribution in [0.2, 0.25) is 0 Å². The van der Waals surface area contributed by atoms with Crippen LogP contribution in [0.25, 0.3) is 5.76 Å². The predicted molar refractivity (Wildman–Crippen MR) is 78.1 cm³/mol. The molecule has 1 aromatic carbocycles. The van der Waals surface area contributed by atoms with E-state index in [9.17, 15) is 9.90 Å². The quantitative estimate of drug-likeness (QED) is 0.653. The predicted octanol–water partition coefficient (Wildman–Crippen LogP) is 2.80. The van der Waals surface area contributed by atoms with Crippen LogP contribution in [0.1, 0.15) is 21.6 Å². The minimum Gasteiger partial charge on any atom is -0.507 e. The summed E-state index contributed by atoms with van der Waals surface area (Å²) in [5.41, 5.74) is 1.59. The van der Waals surface area contributed by atoms with E-state index in [0.29, 0.717) is 23.5 Å². The van der Waals surface area contributed by atoms with Crippen molar-refractivity contribution in [2.24, 2.45) is 0 Å². The molecule has 1 N–H and O–H groups in total. The molecule has 108 valence electrons. The van der Waals surface area contributed by atoms with E-state index in [-0.39, 0.29) is 17.9 Å². The second-order valence-electron chi connectivity index (χ2n) is 4.26. The average molecular weight is 285 g/mol. The van der Waals surface area contributed by atoms with E-state index in [1.54, 1.807) is 31.5 Å². The molecular formula is C16H15NO4. The smallest absolute Gasteiger partial charge is 0.157 e. The minimum atomic E-state index is -0.109. The van der Waals surface area contributed by atoms with Crippen LogP contribution in [0, 0.1) is 0 Å². The third-order valence-corrected chi connectivity index (χ3v) is 2.93. The van der Waals surface area contributed by atoms with Gasteiger partial charge in [-0.05, 0) is 24.3 Å². The lowest BCUT2D eigenvalue weighted by molar-refractivity contribution is 0.111. The first-order valence-electron chi connectivity index (χ1n) is 6.24. The molecule has 0 aliphatic rings. The van der Waals surface area contributed by atoms with Crippen molar-refractivity contribution in [3.8, 4) is 11.5 Å². The number of aromatic nitrogens is 1. The van der Waals surface area contributed by atoms with Crippen LogP contribution in [0.3, 0.4) is 0 Å². The van der Waals surface area contributed by atoms with Gasteiger partial charge in [0.15, 0.2) is 6.29 Å². The Bertz CT molecular complexity index is 650. The van der Waals surface area contributed by atoms with E-state index < -0.39 is 0 Å². The molecule has 1 heterocycles. The minimum absolute atomic E-state index is 0.109. The van der Waals surface area contributed by atoms with E-state index in [1.165, 1.54) is 6.07 Å². The fraction of sp³-hybridized carbons (Fsp3) is 0.125. The molecule has 0 unspecified atom stereocenters. The molecule has 2 rings (SSSR count). The lowest BCUT2D eigenvalue weighted by Gasteiger charge is -2.09. The Balaban J connectivity index is 2.08. The number of pyridine rings is 1. The number of aromatic hydroxyl groups is 1. The zero-order chi connectivity index (χ0) is 15.2. The molecule has 21 heavy (non-hydrogen) atoms. The number of phenols is 1. The van der Waals surface area contributed by atoms with Crippen molar-refractivity contribution < 1.29 is 19.4 Å². The molecule has 0 fully saturated rings. The number of ether oxygens (including phenoxy) is 2. The molecule has 0 atom stereocenters. The van der Waals surface area contributed by atoms with Gasteiger partial charge in [-0.15, -0.1) is 0 Å². The van der Waals surface area contributed by atoms with E-state index in [4.69, 9.17) is 9.47 Å². The number of aldehydes is 1. The summed E-state index contributed by atoms with van der Waals surface area (Å²) in [6.07, 6.45) is 2.19. The van der Waals surface area contributed by atoms with Crippen molar-refractivity contribution in [1.82, 2.24) is 4.98 Å². The number of nitrogens with zero attached hydrogens (tertiary/aromatic N) is 1. The van der Waals surface area contributed by atoms with Gasteiger partial charge in [-0.3, -0.25) is 9.78 Å². The van der Waals surface area contributed by atoms with Crippen LogP contribution in [0.5, 0.6) is 11.5 Å². The van der Waals surface area contributed by atoms with Crippen molar-refractivity contribution >= 4 is 12.0 Å². The largest absolute Gasteiger partial charge is 0.507 e. The number of benzene rings is 1. The first-order chi connectivity index (χ1) is 10.2. The molecule has 0 aliphatic heterocycles. The molecule has 0 amide bonds. The standard InChI is InChI=1S/C16H15NO4/c1-11(20-2)12-6-7-13(17-8-12)10-21-16-5-3-4-15(19)14(16)9-18/h3-9,19H,1,10H2,2H3. The summed E-state index contributed by atoms with van der Waals surface area (Å²) < 4.78 is 10.5. The summed E-state index contributed by atoms with van der Waals surface area (Å²) in [7, 11) is 1.54. The van der Waals surface area contributed by atoms with Gasteiger partial charge in [-0.25, -0.2) is 0 Å². The maximum absolute atomic E-state index is 10.9. The highest BCUT2D eigenvalue weighted by atomic mass is 16.5. The summed E-state index contributed by atoms with van der Waals surface area (Å²) in [6, 6.07) is 8.25. The number of phenolic OH excluding ortho intramolecular Hbond substituents is 1. The van der Waals surface area contributed by atoms with Gasteiger partial charge in [0.1, 0.15) is 23.9 Å². The first-order valence-corrected chi connectivity index (χ1v) is 6.24. The van der Waals surface area contributed by atoms with Crippen molar-refractivity contribution in [3.05, 3.63) is 59.9 Å². The van der Waals surface area contributed by atoms with Gasteiger partial charge < -0.3 is 14.6 Å². The van der Waals surface area contributed by atoms with Gasteiger partial charge in [-0.1, -0.05) is 12.6 Å². The maximum Gasteiger partial charge on any atom is 0.157 e. The second kappa shape index (κ2) is 6.56. The maximum atomic E-state index is 10.9. The van der Waals surface area contributed by atoms with Crippen molar-refractivity contribution in [3.63, 3.8) is 0 Å². The third-order valence-electron chi connectivity index (χ3n) is 2.93. The highest BCUT2D eigenvalue weighted by Gasteiger charge is 2.08. The van der Waals surface area contributed by atoms with Gasteiger partial charge in [0.05, 0.1) is 18.4 Å². The Morgan fingerprint density at radius 2 is 2.19 bits per heavy atom. The summed E-state index contributed by atoms with van der Waals surface area (Å²) in [5.74, 6) is 0.741. The summed E-state index contributed by atoms with van der Waals surface area (Å²) in [5, 5.41) is 9.56. The van der Waals surface area contributed by atoms with Crippen LogP contribution in [0.4, 0.5) is 0 Å². The summed E-state index contributed by atoms with van der Waals surface area (Å²) in [6.45, 7) is 3.92. The monoisotopic (exact) mass is 285 g/mol. The molecule has 1 aromatic heterocycles. The fourth-order valence-corrected chi connectivity index (χ4v) is 1.72.